The molecule has 0 aliphatic rings. The fraction of sp³-hybridized carbons (Fsp3) is 0.667. The minimum Gasteiger partial charge on any atom is -0.462 e. The van der Waals surface area contributed by atoms with E-state index < -0.39 is 6.10 Å². The van der Waals surface area contributed by atoms with E-state index in [0.717, 1.165) is 96.3 Å². The number of aliphatic hydroxyl groups excluding tert-OH is 1. The Kier molecular flexibility index (Phi) is 52.0. The summed E-state index contributed by atoms with van der Waals surface area (Å²) in [6.07, 6.45) is 79.1. The molecule has 1 atom stereocenters. The Bertz CT molecular complexity index is 1290. The van der Waals surface area contributed by atoms with Crippen molar-refractivity contribution in [1.82, 2.24) is 0 Å². The normalized spacial score (nSPS) is 13.1. The van der Waals surface area contributed by atoms with Crippen molar-refractivity contribution < 1.29 is 24.2 Å². The predicted molar refractivity (Wildman–Crippen MR) is 283 cm³/mol. The maximum atomic E-state index is 12.3. The molecule has 370 valence electrons. The van der Waals surface area contributed by atoms with Gasteiger partial charge in [-0.1, -0.05) is 252 Å². The number of hydrogen-bond acceptors (Lipinski definition) is 5. The summed E-state index contributed by atoms with van der Waals surface area (Å²) in [4.78, 5) is 24.4. The Morgan fingerprint density at radius 2 is 0.662 bits per heavy atom. The summed E-state index contributed by atoms with van der Waals surface area (Å²) in [5.41, 5.74) is 0. The zero-order chi connectivity index (χ0) is 47.0. The summed E-state index contributed by atoms with van der Waals surface area (Å²) in [5.74, 6) is -0.594. The first kappa shape index (κ1) is 61.6. The van der Waals surface area contributed by atoms with Crippen LogP contribution in [0, 0.1) is 0 Å². The number of carbonyl (C=O) groups is 2. The molecule has 0 rings (SSSR count). The number of esters is 2. The predicted octanol–water partition coefficient (Wildman–Crippen LogP) is 18.1. The molecular formula is C60H100O5. The monoisotopic (exact) mass is 901 g/mol. The second-order valence-electron chi connectivity index (χ2n) is 17.6. The van der Waals surface area contributed by atoms with Crippen molar-refractivity contribution in [3.63, 3.8) is 0 Å². The summed E-state index contributed by atoms with van der Waals surface area (Å²) in [6.45, 7) is 4.02. The van der Waals surface area contributed by atoms with Crippen LogP contribution in [0.2, 0.25) is 0 Å². The summed E-state index contributed by atoms with van der Waals surface area (Å²) in [6, 6.07) is 0. The highest BCUT2D eigenvalue weighted by Gasteiger charge is 2.16. The first-order valence-corrected chi connectivity index (χ1v) is 26.9. The van der Waals surface area contributed by atoms with Crippen LogP contribution >= 0.6 is 0 Å². The Labute approximate surface area is 401 Å². The molecule has 5 heteroatoms. The Hall–Kier alpha value is -3.44. The standard InChI is InChI=1S/C60H100O5/c1-3-5-7-9-11-13-15-17-18-19-20-21-22-23-24-25-26-27-28-29-30-31-32-33-34-35-36-37-38-39-40-41-42-43-45-47-49-51-53-55-60(63)65-58(56-61)57-64-59(62)54-52-50-48-46-44-16-14-12-10-8-6-4-2/h5,7,11,13,17-18,20-21,23-24,26-27,29-30,32-33,35-36,58,61H,3-4,6,8-10,12,14-16,19,22,25,28,31,34,37-57H2,1-2H3/b7-5-,13-11-,18-17-,21-20-,24-23-,27-26-,30-29-,33-32-,36-35-. The fourth-order valence-corrected chi connectivity index (χ4v) is 7.31. The van der Waals surface area contributed by atoms with Gasteiger partial charge in [-0.3, -0.25) is 9.59 Å². The SMILES string of the molecule is CC/C=C\C/C=C\C/C=C\C/C=C\C/C=C\C/C=C\C/C=C\C/C=C\C/C=C\CCCCCCCCCCCCCC(=O)OC(CO)COC(=O)CCCCCCCCCCCCCC. The molecule has 0 heterocycles. The summed E-state index contributed by atoms with van der Waals surface area (Å²) < 4.78 is 10.6. The third-order valence-corrected chi connectivity index (χ3v) is 11.3. The topological polar surface area (TPSA) is 72.8 Å². The van der Waals surface area contributed by atoms with E-state index in [1.807, 2.05) is 0 Å². The smallest absolute Gasteiger partial charge is 0.306 e. The first-order valence-electron chi connectivity index (χ1n) is 26.9. The van der Waals surface area contributed by atoms with Crippen LogP contribution in [0.5, 0.6) is 0 Å². The van der Waals surface area contributed by atoms with Gasteiger partial charge in [-0.05, 0) is 83.5 Å². The van der Waals surface area contributed by atoms with Crippen molar-refractivity contribution in [3.8, 4) is 0 Å². The van der Waals surface area contributed by atoms with Crippen LogP contribution in [0.25, 0.3) is 0 Å². The molecule has 65 heavy (non-hydrogen) atoms. The van der Waals surface area contributed by atoms with Crippen LogP contribution in [0.15, 0.2) is 109 Å². The van der Waals surface area contributed by atoms with Crippen LogP contribution in [-0.4, -0.2) is 36.4 Å². The lowest BCUT2D eigenvalue weighted by molar-refractivity contribution is -0.161. The van der Waals surface area contributed by atoms with Crippen molar-refractivity contribution in [2.24, 2.45) is 0 Å². The van der Waals surface area contributed by atoms with E-state index in [1.54, 1.807) is 0 Å². The molecule has 0 saturated carbocycles. The van der Waals surface area contributed by atoms with Crippen LogP contribution in [0.1, 0.15) is 239 Å². The summed E-state index contributed by atoms with van der Waals surface area (Å²) >= 11 is 0. The maximum absolute atomic E-state index is 12.3. The van der Waals surface area contributed by atoms with Gasteiger partial charge in [0.15, 0.2) is 6.10 Å². The van der Waals surface area contributed by atoms with Crippen LogP contribution < -0.4 is 0 Å². The molecule has 0 aliphatic carbocycles. The minimum absolute atomic E-state index is 0.0685. The van der Waals surface area contributed by atoms with Crippen LogP contribution in [0.3, 0.4) is 0 Å². The van der Waals surface area contributed by atoms with E-state index in [9.17, 15) is 14.7 Å². The lowest BCUT2D eigenvalue weighted by Crippen LogP contribution is -2.28. The highest BCUT2D eigenvalue weighted by molar-refractivity contribution is 5.70. The van der Waals surface area contributed by atoms with Gasteiger partial charge >= 0.3 is 11.9 Å². The molecule has 1 N–H and O–H groups in total. The number of hydrogen-bond donors (Lipinski definition) is 1. The molecule has 0 aromatic heterocycles. The molecule has 0 fully saturated rings. The van der Waals surface area contributed by atoms with Crippen LogP contribution in [0.4, 0.5) is 0 Å². The minimum atomic E-state index is -0.776. The van der Waals surface area contributed by atoms with Gasteiger partial charge < -0.3 is 14.6 Å². The molecule has 0 aromatic rings. The van der Waals surface area contributed by atoms with Crippen molar-refractivity contribution in [2.75, 3.05) is 13.2 Å². The van der Waals surface area contributed by atoms with Gasteiger partial charge in [0.1, 0.15) is 6.61 Å². The van der Waals surface area contributed by atoms with Gasteiger partial charge in [0, 0.05) is 12.8 Å². The van der Waals surface area contributed by atoms with Crippen molar-refractivity contribution in [1.29, 1.82) is 0 Å². The molecular weight excluding hydrogens is 801 g/mol. The molecule has 1 unspecified atom stereocenters. The first-order chi connectivity index (χ1) is 32.1. The lowest BCUT2D eigenvalue weighted by Gasteiger charge is -2.15. The van der Waals surface area contributed by atoms with Gasteiger partial charge in [0.05, 0.1) is 6.61 Å². The summed E-state index contributed by atoms with van der Waals surface area (Å²) in [5, 5.41) is 9.60. The Morgan fingerprint density at radius 3 is 1.00 bits per heavy atom. The summed E-state index contributed by atoms with van der Waals surface area (Å²) in [7, 11) is 0. The number of allylic oxidation sites excluding steroid dienone is 18. The molecule has 5 nitrogen and oxygen atoms in total. The Morgan fingerprint density at radius 1 is 0.369 bits per heavy atom. The third-order valence-electron chi connectivity index (χ3n) is 11.3. The van der Waals surface area contributed by atoms with Gasteiger partial charge in [0.2, 0.25) is 0 Å². The quantitative estimate of drug-likeness (QED) is 0.0374. The second-order valence-corrected chi connectivity index (χ2v) is 17.6. The fourth-order valence-electron chi connectivity index (χ4n) is 7.31. The number of aliphatic hydroxyl groups is 1. The van der Waals surface area contributed by atoms with Crippen LogP contribution in [-0.2, 0) is 19.1 Å². The van der Waals surface area contributed by atoms with Crippen molar-refractivity contribution in [3.05, 3.63) is 109 Å². The van der Waals surface area contributed by atoms with E-state index in [4.69, 9.17) is 9.47 Å². The molecule has 0 aromatic carbocycles. The van der Waals surface area contributed by atoms with Gasteiger partial charge in [0.25, 0.3) is 0 Å². The molecule has 0 radical (unpaired) electrons. The van der Waals surface area contributed by atoms with Gasteiger partial charge in [-0.2, -0.15) is 0 Å². The highest BCUT2D eigenvalue weighted by Crippen LogP contribution is 2.15. The van der Waals surface area contributed by atoms with E-state index in [2.05, 4.69) is 123 Å². The largest absolute Gasteiger partial charge is 0.462 e. The molecule has 0 aliphatic heterocycles. The van der Waals surface area contributed by atoms with Crippen molar-refractivity contribution in [2.45, 2.75) is 245 Å². The average Bonchev–Trinajstić information content (AvgIpc) is 3.31. The molecule has 0 amide bonds. The van der Waals surface area contributed by atoms with E-state index in [-0.39, 0.29) is 25.2 Å². The van der Waals surface area contributed by atoms with Gasteiger partial charge in [-0.25, -0.2) is 0 Å². The number of ether oxygens (including phenoxy) is 2. The van der Waals surface area contributed by atoms with E-state index in [1.165, 1.54) is 116 Å². The average molecular weight is 901 g/mol. The number of carbonyl (C=O) groups excluding carboxylic acids is 2. The van der Waals surface area contributed by atoms with E-state index >= 15 is 0 Å². The molecule has 0 bridgehead atoms. The Balaban J connectivity index is 3.55. The number of unbranched alkanes of at least 4 members (excludes halogenated alkanes) is 22. The number of rotatable bonds is 48. The van der Waals surface area contributed by atoms with Gasteiger partial charge in [-0.15, -0.1) is 0 Å². The zero-order valence-corrected chi connectivity index (χ0v) is 42.2. The zero-order valence-electron chi connectivity index (χ0n) is 42.2. The maximum Gasteiger partial charge on any atom is 0.306 e. The molecule has 0 spiro atoms. The lowest BCUT2D eigenvalue weighted by atomic mass is 10.0. The van der Waals surface area contributed by atoms with E-state index in [0.29, 0.717) is 12.8 Å². The molecule has 0 saturated heterocycles. The second kappa shape index (κ2) is 54.9. The third kappa shape index (κ3) is 53.1. The van der Waals surface area contributed by atoms with Crippen molar-refractivity contribution >= 4 is 11.9 Å². The highest BCUT2D eigenvalue weighted by atomic mass is 16.6.